The van der Waals surface area contributed by atoms with Crippen molar-refractivity contribution in [2.75, 3.05) is 5.75 Å². The van der Waals surface area contributed by atoms with Gasteiger partial charge >= 0.3 is 0 Å². The quantitative estimate of drug-likeness (QED) is 0.761. The number of thioether (sulfide) groups is 1. The van der Waals surface area contributed by atoms with Gasteiger partial charge in [-0.2, -0.15) is 0 Å². The third kappa shape index (κ3) is 4.90. The summed E-state index contributed by atoms with van der Waals surface area (Å²) in [5, 5.41) is 4.93. The van der Waals surface area contributed by atoms with E-state index in [-0.39, 0.29) is 17.7 Å². The van der Waals surface area contributed by atoms with E-state index in [1.54, 1.807) is 18.3 Å². The third-order valence-electron chi connectivity index (χ3n) is 3.08. The first-order chi connectivity index (χ1) is 10.6. The molecule has 1 aromatic heterocycles. The molecule has 1 N–H and O–H groups in total. The first-order valence-electron chi connectivity index (χ1n) is 6.88. The zero-order valence-corrected chi connectivity index (χ0v) is 14.4. The molecule has 6 heteroatoms. The van der Waals surface area contributed by atoms with Crippen LogP contribution in [0.2, 0.25) is 10.0 Å². The van der Waals surface area contributed by atoms with E-state index in [1.807, 2.05) is 31.2 Å². The second kappa shape index (κ2) is 8.42. The minimum atomic E-state index is -0.0477. The molecule has 0 aliphatic carbocycles. The zero-order valence-electron chi connectivity index (χ0n) is 12.1. The molecule has 0 unspecified atom stereocenters. The lowest BCUT2D eigenvalue weighted by Crippen LogP contribution is -2.29. The number of hydrogen-bond acceptors (Lipinski definition) is 3. The Bertz CT molecular complexity index is 634. The van der Waals surface area contributed by atoms with E-state index in [9.17, 15) is 4.79 Å². The van der Waals surface area contributed by atoms with Crippen molar-refractivity contribution in [2.24, 2.45) is 0 Å². The first-order valence-corrected chi connectivity index (χ1v) is 8.62. The van der Waals surface area contributed by atoms with E-state index in [0.717, 1.165) is 12.0 Å². The van der Waals surface area contributed by atoms with E-state index in [1.165, 1.54) is 11.8 Å². The molecule has 0 spiro atoms. The topological polar surface area (TPSA) is 42.0 Å². The number of pyridine rings is 1. The molecule has 0 bridgehead atoms. The summed E-state index contributed by atoms with van der Waals surface area (Å²) in [5.41, 5.74) is 1.04. The number of amides is 1. The molecular weight excluding hydrogens is 339 g/mol. The van der Waals surface area contributed by atoms with Gasteiger partial charge in [-0.05, 0) is 36.2 Å². The van der Waals surface area contributed by atoms with Gasteiger partial charge in [0.25, 0.3) is 0 Å². The minimum absolute atomic E-state index is 0.0235. The van der Waals surface area contributed by atoms with Gasteiger partial charge in [-0.1, -0.05) is 54.0 Å². The van der Waals surface area contributed by atoms with E-state index in [2.05, 4.69) is 10.3 Å². The number of carbonyl (C=O) groups is 1. The molecule has 0 fully saturated rings. The van der Waals surface area contributed by atoms with Crippen LogP contribution >= 0.6 is 35.0 Å². The largest absolute Gasteiger partial charge is 0.349 e. The Balaban J connectivity index is 1.92. The van der Waals surface area contributed by atoms with Crippen LogP contribution in [-0.4, -0.2) is 16.6 Å². The Hall–Kier alpha value is -1.23. The number of benzene rings is 1. The lowest BCUT2D eigenvalue weighted by Gasteiger charge is -2.17. The Morgan fingerprint density at radius 2 is 2.00 bits per heavy atom. The molecule has 3 nitrogen and oxygen atoms in total. The summed E-state index contributed by atoms with van der Waals surface area (Å²) in [6.45, 7) is 2.03. The molecule has 0 saturated carbocycles. The summed E-state index contributed by atoms with van der Waals surface area (Å²) in [4.78, 5) is 16.3. The SMILES string of the molecule is CC[C@@H](NC(=O)CSc1ncccc1Cl)c1ccc(Cl)cc1. The Morgan fingerprint density at radius 1 is 1.27 bits per heavy atom. The maximum Gasteiger partial charge on any atom is 0.230 e. The first kappa shape index (κ1) is 17.1. The van der Waals surface area contributed by atoms with Gasteiger partial charge in [0, 0.05) is 11.2 Å². The zero-order chi connectivity index (χ0) is 15.9. The smallest absolute Gasteiger partial charge is 0.230 e. The monoisotopic (exact) mass is 354 g/mol. The number of halogens is 2. The molecule has 2 rings (SSSR count). The maximum atomic E-state index is 12.1. The van der Waals surface area contributed by atoms with Crippen molar-refractivity contribution in [3.8, 4) is 0 Å². The van der Waals surface area contributed by atoms with E-state index >= 15 is 0 Å². The highest BCUT2D eigenvalue weighted by Crippen LogP contribution is 2.24. The highest BCUT2D eigenvalue weighted by atomic mass is 35.5. The predicted octanol–water partition coefficient (Wildman–Crippen LogP) is 4.75. The molecule has 0 radical (unpaired) electrons. The second-order valence-corrected chi connectivity index (χ2v) is 6.47. The molecule has 22 heavy (non-hydrogen) atoms. The average Bonchev–Trinajstić information content (AvgIpc) is 2.53. The van der Waals surface area contributed by atoms with Crippen molar-refractivity contribution >= 4 is 40.9 Å². The molecule has 116 valence electrons. The summed E-state index contributed by atoms with van der Waals surface area (Å²) in [5.74, 6) is 0.231. The van der Waals surface area contributed by atoms with E-state index < -0.39 is 0 Å². The molecule has 1 heterocycles. The second-order valence-electron chi connectivity index (χ2n) is 4.66. The van der Waals surface area contributed by atoms with E-state index in [0.29, 0.717) is 15.1 Å². The van der Waals surface area contributed by atoms with Crippen molar-refractivity contribution in [1.29, 1.82) is 0 Å². The number of aromatic nitrogens is 1. The number of hydrogen-bond donors (Lipinski definition) is 1. The average molecular weight is 355 g/mol. The van der Waals surface area contributed by atoms with Crippen LogP contribution in [0.3, 0.4) is 0 Å². The number of carbonyl (C=O) groups excluding carboxylic acids is 1. The Labute approximate surface area is 144 Å². The van der Waals surface area contributed by atoms with Crippen LogP contribution in [0, 0.1) is 0 Å². The van der Waals surface area contributed by atoms with Crippen molar-refractivity contribution < 1.29 is 4.79 Å². The van der Waals surface area contributed by atoms with Gasteiger partial charge in [-0.3, -0.25) is 4.79 Å². The molecule has 0 aliphatic rings. The van der Waals surface area contributed by atoms with Crippen LogP contribution in [0.25, 0.3) is 0 Å². The van der Waals surface area contributed by atoms with Gasteiger partial charge in [0.2, 0.25) is 5.91 Å². The minimum Gasteiger partial charge on any atom is -0.349 e. The van der Waals surface area contributed by atoms with Crippen molar-refractivity contribution in [3.05, 3.63) is 58.2 Å². The fraction of sp³-hybridized carbons (Fsp3) is 0.250. The number of nitrogens with zero attached hydrogens (tertiary/aromatic N) is 1. The molecule has 1 aromatic carbocycles. The van der Waals surface area contributed by atoms with Gasteiger partial charge < -0.3 is 5.32 Å². The van der Waals surface area contributed by atoms with Gasteiger partial charge in [0.1, 0.15) is 5.03 Å². The van der Waals surface area contributed by atoms with Gasteiger partial charge in [0.05, 0.1) is 16.8 Å². The molecule has 1 atom stereocenters. The van der Waals surface area contributed by atoms with Crippen LogP contribution in [0.5, 0.6) is 0 Å². The summed E-state index contributed by atoms with van der Waals surface area (Å²) < 4.78 is 0. The van der Waals surface area contributed by atoms with Crippen LogP contribution in [0.1, 0.15) is 24.9 Å². The van der Waals surface area contributed by atoms with Crippen LogP contribution in [-0.2, 0) is 4.79 Å². The van der Waals surface area contributed by atoms with Gasteiger partial charge in [0.15, 0.2) is 0 Å². The highest BCUT2D eigenvalue weighted by Gasteiger charge is 2.13. The summed E-state index contributed by atoms with van der Waals surface area (Å²) >= 11 is 13.2. The summed E-state index contributed by atoms with van der Waals surface area (Å²) in [7, 11) is 0. The molecular formula is C16H16Cl2N2OS. The molecule has 0 saturated heterocycles. The fourth-order valence-electron chi connectivity index (χ4n) is 1.96. The summed E-state index contributed by atoms with van der Waals surface area (Å²) in [6, 6.07) is 11.0. The van der Waals surface area contributed by atoms with Crippen LogP contribution < -0.4 is 5.32 Å². The van der Waals surface area contributed by atoms with Gasteiger partial charge in [-0.15, -0.1) is 0 Å². The van der Waals surface area contributed by atoms with Crippen molar-refractivity contribution in [1.82, 2.24) is 10.3 Å². The molecule has 1 amide bonds. The summed E-state index contributed by atoms with van der Waals surface area (Å²) in [6.07, 6.45) is 2.47. The fourth-order valence-corrected chi connectivity index (χ4v) is 3.07. The third-order valence-corrected chi connectivity index (χ3v) is 4.75. The van der Waals surface area contributed by atoms with Crippen molar-refractivity contribution in [3.63, 3.8) is 0 Å². The van der Waals surface area contributed by atoms with Crippen LogP contribution in [0.4, 0.5) is 0 Å². The van der Waals surface area contributed by atoms with E-state index in [4.69, 9.17) is 23.2 Å². The lowest BCUT2D eigenvalue weighted by molar-refractivity contribution is -0.119. The standard InChI is InChI=1S/C16H16Cl2N2OS/c1-2-14(11-5-7-12(17)8-6-11)20-15(21)10-22-16-13(18)4-3-9-19-16/h3-9,14H,2,10H2,1H3,(H,20,21)/t14-/m1/s1. The van der Waals surface area contributed by atoms with Crippen molar-refractivity contribution in [2.45, 2.75) is 24.4 Å². The van der Waals surface area contributed by atoms with Crippen LogP contribution in [0.15, 0.2) is 47.6 Å². The Morgan fingerprint density at radius 3 is 2.64 bits per heavy atom. The Kier molecular flexibility index (Phi) is 6.55. The predicted molar refractivity (Wildman–Crippen MR) is 92.6 cm³/mol. The highest BCUT2D eigenvalue weighted by molar-refractivity contribution is 8.00. The normalized spacial score (nSPS) is 12.0. The maximum absolute atomic E-state index is 12.1. The number of rotatable bonds is 6. The van der Waals surface area contributed by atoms with Gasteiger partial charge in [-0.25, -0.2) is 4.98 Å². The lowest BCUT2D eigenvalue weighted by atomic mass is 10.0. The molecule has 2 aromatic rings. The number of nitrogens with one attached hydrogen (secondary N) is 1. The molecule has 0 aliphatic heterocycles.